The minimum atomic E-state index is 0.0176. The first-order valence-corrected chi connectivity index (χ1v) is 7.80. The van der Waals surface area contributed by atoms with E-state index >= 15 is 0 Å². The second-order valence-corrected chi connectivity index (χ2v) is 6.40. The van der Waals surface area contributed by atoms with Crippen molar-refractivity contribution in [3.05, 3.63) is 15.9 Å². The van der Waals surface area contributed by atoms with Gasteiger partial charge in [0.1, 0.15) is 0 Å². The van der Waals surface area contributed by atoms with Gasteiger partial charge in [0, 0.05) is 48.5 Å². The number of anilines is 1. The molecule has 1 unspecified atom stereocenters. The second kappa shape index (κ2) is 6.65. The third kappa shape index (κ3) is 4.05. The van der Waals surface area contributed by atoms with Gasteiger partial charge in [0.05, 0.1) is 5.00 Å². The molecule has 2 N–H and O–H groups in total. The molecule has 18 heavy (non-hydrogen) atoms. The minimum absolute atomic E-state index is 0.0176. The van der Waals surface area contributed by atoms with E-state index in [1.54, 1.807) is 0 Å². The summed E-state index contributed by atoms with van der Waals surface area (Å²) >= 11 is 4.92. The van der Waals surface area contributed by atoms with Crippen molar-refractivity contribution in [2.24, 2.45) is 5.92 Å². The molecule has 0 spiro atoms. The Morgan fingerprint density at radius 2 is 2.33 bits per heavy atom. The highest BCUT2D eigenvalue weighted by atomic mass is 79.9. The van der Waals surface area contributed by atoms with Crippen LogP contribution in [0.4, 0.5) is 5.00 Å². The first kappa shape index (κ1) is 14.0. The Kier molecular flexibility index (Phi) is 5.17. The van der Waals surface area contributed by atoms with Crippen molar-refractivity contribution in [3.63, 3.8) is 0 Å². The number of thiophene rings is 1. The maximum Gasteiger partial charge on any atom is 0.229 e. The van der Waals surface area contributed by atoms with E-state index in [9.17, 15) is 4.79 Å². The van der Waals surface area contributed by atoms with Gasteiger partial charge in [-0.05, 0) is 22.0 Å². The highest BCUT2D eigenvalue weighted by Crippen LogP contribution is 2.24. The van der Waals surface area contributed by atoms with Crippen LogP contribution >= 0.6 is 27.3 Å². The highest BCUT2D eigenvalue weighted by molar-refractivity contribution is 9.10. The van der Waals surface area contributed by atoms with E-state index in [0.29, 0.717) is 0 Å². The number of hydrogen-bond acceptors (Lipinski definition) is 4. The van der Waals surface area contributed by atoms with Crippen LogP contribution in [-0.2, 0) is 4.79 Å². The second-order valence-electron chi connectivity index (χ2n) is 4.57. The van der Waals surface area contributed by atoms with E-state index in [1.165, 1.54) is 11.3 Å². The lowest BCUT2D eigenvalue weighted by Gasteiger charge is -2.29. The van der Waals surface area contributed by atoms with Gasteiger partial charge < -0.3 is 15.5 Å². The first-order valence-electron chi connectivity index (χ1n) is 6.13. The Labute approximate surface area is 120 Å². The topological polar surface area (TPSA) is 44.4 Å². The van der Waals surface area contributed by atoms with Crippen molar-refractivity contribution in [1.82, 2.24) is 10.2 Å². The molecule has 1 fully saturated rings. The fraction of sp³-hybridized carbons (Fsp3) is 0.583. The fourth-order valence-corrected chi connectivity index (χ4v) is 3.31. The molecule has 1 atom stereocenters. The van der Waals surface area contributed by atoms with Crippen LogP contribution in [0.15, 0.2) is 15.9 Å². The number of carbonyl (C=O) groups excluding carboxylic acids is 1. The van der Waals surface area contributed by atoms with Crippen LogP contribution in [0.5, 0.6) is 0 Å². The molecule has 2 rings (SSSR count). The van der Waals surface area contributed by atoms with Crippen LogP contribution in [0, 0.1) is 5.92 Å². The molecule has 0 radical (unpaired) electrons. The number of carbonyl (C=O) groups is 1. The number of halogens is 1. The van der Waals surface area contributed by atoms with E-state index in [0.717, 1.165) is 42.2 Å². The lowest BCUT2D eigenvalue weighted by atomic mass is 10.1. The van der Waals surface area contributed by atoms with Crippen molar-refractivity contribution < 1.29 is 4.79 Å². The van der Waals surface area contributed by atoms with Gasteiger partial charge in [-0.3, -0.25) is 4.79 Å². The maximum absolute atomic E-state index is 12.0. The van der Waals surface area contributed by atoms with E-state index in [1.807, 2.05) is 18.4 Å². The number of nitrogens with zero attached hydrogens (tertiary/aromatic N) is 1. The van der Waals surface area contributed by atoms with Gasteiger partial charge in [-0.15, -0.1) is 11.3 Å². The minimum Gasteiger partial charge on any atom is -0.317 e. The summed E-state index contributed by atoms with van der Waals surface area (Å²) in [6.45, 7) is 6.92. The normalized spacial score (nSPS) is 18.6. The van der Waals surface area contributed by atoms with Gasteiger partial charge in [-0.1, -0.05) is 6.92 Å². The predicted molar refractivity (Wildman–Crippen MR) is 79.1 cm³/mol. The molecule has 100 valence electrons. The average molecular weight is 332 g/mol. The molecule has 2 heterocycles. The zero-order chi connectivity index (χ0) is 13.0. The Balaban J connectivity index is 1.80. The lowest BCUT2D eigenvalue weighted by Crippen LogP contribution is -2.46. The third-order valence-electron chi connectivity index (χ3n) is 3.00. The molecule has 0 aromatic carbocycles. The van der Waals surface area contributed by atoms with Crippen LogP contribution in [0.1, 0.15) is 6.92 Å². The van der Waals surface area contributed by atoms with Crippen molar-refractivity contribution in [2.75, 3.05) is 38.0 Å². The lowest BCUT2D eigenvalue weighted by molar-refractivity contribution is -0.120. The fourth-order valence-electron chi connectivity index (χ4n) is 1.99. The summed E-state index contributed by atoms with van der Waals surface area (Å²) in [7, 11) is 0. The van der Waals surface area contributed by atoms with Crippen molar-refractivity contribution in [1.29, 1.82) is 0 Å². The van der Waals surface area contributed by atoms with Gasteiger partial charge in [0.2, 0.25) is 5.91 Å². The molecule has 1 aliphatic heterocycles. The summed E-state index contributed by atoms with van der Waals surface area (Å²) in [6, 6.07) is 1.93. The molecule has 1 aromatic rings. The number of amides is 1. The van der Waals surface area contributed by atoms with Crippen LogP contribution in [0.25, 0.3) is 0 Å². The summed E-state index contributed by atoms with van der Waals surface area (Å²) in [5, 5.41) is 9.14. The average Bonchev–Trinajstić information content (AvgIpc) is 2.76. The molecule has 1 aliphatic rings. The Hall–Kier alpha value is -0.430. The number of hydrogen-bond donors (Lipinski definition) is 2. The largest absolute Gasteiger partial charge is 0.317 e. The summed E-state index contributed by atoms with van der Waals surface area (Å²) in [5.74, 6) is 0.117. The van der Waals surface area contributed by atoms with Crippen LogP contribution < -0.4 is 10.6 Å². The Morgan fingerprint density at radius 3 is 2.94 bits per heavy atom. The zero-order valence-corrected chi connectivity index (χ0v) is 12.8. The molecule has 0 aliphatic carbocycles. The molecular formula is C12H18BrN3OS. The summed E-state index contributed by atoms with van der Waals surface area (Å²) in [6.07, 6.45) is 0. The van der Waals surface area contributed by atoms with Crippen LogP contribution in [-0.4, -0.2) is 43.5 Å². The molecule has 1 amide bonds. The summed E-state index contributed by atoms with van der Waals surface area (Å²) in [4.78, 5) is 14.4. The van der Waals surface area contributed by atoms with Crippen molar-refractivity contribution in [3.8, 4) is 0 Å². The number of nitrogens with one attached hydrogen (secondary N) is 2. The standard InChI is InChI=1S/C12H18BrN3OS/c1-9(7-16-4-2-14-3-5-16)12(17)15-11-6-10(13)8-18-11/h6,8-9,14H,2-5,7H2,1H3,(H,15,17). The van der Waals surface area contributed by atoms with Gasteiger partial charge in [-0.25, -0.2) is 0 Å². The monoisotopic (exact) mass is 331 g/mol. The predicted octanol–water partition coefficient (Wildman–Crippen LogP) is 1.99. The van der Waals surface area contributed by atoms with Crippen molar-refractivity contribution in [2.45, 2.75) is 6.92 Å². The molecule has 6 heteroatoms. The highest BCUT2D eigenvalue weighted by Gasteiger charge is 2.18. The van der Waals surface area contributed by atoms with E-state index < -0.39 is 0 Å². The number of piperazine rings is 1. The number of rotatable bonds is 4. The summed E-state index contributed by atoms with van der Waals surface area (Å²) in [5.41, 5.74) is 0. The zero-order valence-electron chi connectivity index (χ0n) is 10.4. The molecule has 1 aromatic heterocycles. The molecular weight excluding hydrogens is 314 g/mol. The summed E-state index contributed by atoms with van der Waals surface area (Å²) < 4.78 is 1.01. The third-order valence-corrected chi connectivity index (χ3v) is 4.61. The molecule has 0 saturated carbocycles. The molecule has 0 bridgehead atoms. The smallest absolute Gasteiger partial charge is 0.229 e. The van der Waals surface area contributed by atoms with Gasteiger partial charge >= 0.3 is 0 Å². The molecule has 4 nitrogen and oxygen atoms in total. The van der Waals surface area contributed by atoms with Gasteiger partial charge in [0.25, 0.3) is 0 Å². The molecule has 1 saturated heterocycles. The van der Waals surface area contributed by atoms with Crippen LogP contribution in [0.3, 0.4) is 0 Å². The van der Waals surface area contributed by atoms with Crippen LogP contribution in [0.2, 0.25) is 0 Å². The maximum atomic E-state index is 12.0. The first-order chi connectivity index (χ1) is 8.65. The van der Waals surface area contributed by atoms with Gasteiger partial charge in [0.15, 0.2) is 0 Å². The Morgan fingerprint density at radius 1 is 1.61 bits per heavy atom. The Bertz CT molecular complexity index is 404. The van der Waals surface area contributed by atoms with E-state index in [4.69, 9.17) is 0 Å². The van der Waals surface area contributed by atoms with E-state index in [-0.39, 0.29) is 11.8 Å². The quantitative estimate of drug-likeness (QED) is 0.886. The van der Waals surface area contributed by atoms with Gasteiger partial charge in [-0.2, -0.15) is 0 Å². The van der Waals surface area contributed by atoms with E-state index in [2.05, 4.69) is 31.5 Å². The SMILES string of the molecule is CC(CN1CCNCC1)C(=O)Nc1cc(Br)cs1. The van der Waals surface area contributed by atoms with Crippen molar-refractivity contribution >= 4 is 38.2 Å².